The third-order valence-corrected chi connectivity index (χ3v) is 2.88. The Morgan fingerprint density at radius 1 is 1.11 bits per heavy atom. The van der Waals surface area contributed by atoms with Gasteiger partial charge >= 0.3 is 0 Å². The van der Waals surface area contributed by atoms with Crippen LogP contribution in [0.1, 0.15) is 5.69 Å². The van der Waals surface area contributed by atoms with Crippen molar-refractivity contribution in [2.24, 2.45) is 0 Å². The zero-order chi connectivity index (χ0) is 12.7. The Balaban J connectivity index is 2.19. The molecule has 2 heterocycles. The van der Waals surface area contributed by atoms with E-state index in [1.807, 2.05) is 13.0 Å². The predicted molar refractivity (Wildman–Crippen MR) is 67.5 cm³/mol. The Morgan fingerprint density at radius 3 is 2.56 bits per heavy atom. The molecule has 2 N–H and O–H groups in total. The zero-order valence-corrected chi connectivity index (χ0v) is 9.76. The number of aromatic nitrogens is 3. The second kappa shape index (κ2) is 3.80. The minimum absolute atomic E-state index is 0.275. The van der Waals surface area contributed by atoms with E-state index >= 15 is 0 Å². The number of nitrogen functional groups attached to an aromatic ring is 1. The lowest BCUT2D eigenvalue weighted by Gasteiger charge is -2.00. The van der Waals surface area contributed by atoms with Crippen molar-refractivity contribution < 1.29 is 4.39 Å². The van der Waals surface area contributed by atoms with E-state index in [-0.39, 0.29) is 5.82 Å². The first-order chi connectivity index (χ1) is 8.65. The number of aryl methyl sites for hydroxylation is 1. The molecule has 0 saturated carbocycles. The van der Waals surface area contributed by atoms with E-state index in [9.17, 15) is 4.39 Å². The third-order valence-electron chi connectivity index (χ3n) is 2.88. The maximum atomic E-state index is 12.9. The van der Waals surface area contributed by atoms with Gasteiger partial charge in [-0.15, -0.1) is 5.10 Å². The molecule has 0 atom stereocenters. The van der Waals surface area contributed by atoms with Gasteiger partial charge in [-0.25, -0.2) is 13.9 Å². The van der Waals surface area contributed by atoms with E-state index in [0.717, 1.165) is 16.9 Å². The van der Waals surface area contributed by atoms with Gasteiger partial charge in [-0.3, -0.25) is 0 Å². The van der Waals surface area contributed by atoms with E-state index in [0.29, 0.717) is 11.5 Å². The SMILES string of the molecule is Cc1c(N)ccc2nc(-c3ccc(F)cc3)nn12. The average molecular weight is 242 g/mol. The van der Waals surface area contributed by atoms with Gasteiger partial charge < -0.3 is 5.73 Å². The fourth-order valence-electron chi connectivity index (χ4n) is 1.81. The number of hydrogen-bond acceptors (Lipinski definition) is 3. The zero-order valence-electron chi connectivity index (χ0n) is 9.76. The van der Waals surface area contributed by atoms with Crippen molar-refractivity contribution >= 4 is 11.3 Å². The molecule has 2 aromatic heterocycles. The van der Waals surface area contributed by atoms with Crippen LogP contribution in [0.15, 0.2) is 36.4 Å². The summed E-state index contributed by atoms with van der Waals surface area (Å²) in [5, 5.41) is 4.38. The van der Waals surface area contributed by atoms with Crippen LogP contribution in [-0.4, -0.2) is 14.6 Å². The molecule has 0 radical (unpaired) electrons. The summed E-state index contributed by atoms with van der Waals surface area (Å²) in [6.07, 6.45) is 0. The van der Waals surface area contributed by atoms with Crippen molar-refractivity contribution in [2.45, 2.75) is 6.92 Å². The maximum Gasteiger partial charge on any atom is 0.182 e. The van der Waals surface area contributed by atoms with E-state index in [1.165, 1.54) is 12.1 Å². The number of halogens is 1. The minimum Gasteiger partial charge on any atom is -0.397 e. The first-order valence-corrected chi connectivity index (χ1v) is 5.53. The number of nitrogens with two attached hydrogens (primary N) is 1. The molecular weight excluding hydrogens is 231 g/mol. The molecule has 18 heavy (non-hydrogen) atoms. The van der Waals surface area contributed by atoms with Gasteiger partial charge in [-0.1, -0.05) is 0 Å². The predicted octanol–water partition coefficient (Wildman–Crippen LogP) is 2.43. The van der Waals surface area contributed by atoms with Crippen molar-refractivity contribution in [1.82, 2.24) is 14.6 Å². The third kappa shape index (κ3) is 1.60. The molecule has 0 aliphatic heterocycles. The van der Waals surface area contributed by atoms with Crippen molar-refractivity contribution in [3.05, 3.63) is 47.9 Å². The maximum absolute atomic E-state index is 12.9. The van der Waals surface area contributed by atoms with Crippen LogP contribution in [0.3, 0.4) is 0 Å². The van der Waals surface area contributed by atoms with Crippen LogP contribution in [0.4, 0.5) is 10.1 Å². The fraction of sp³-hybridized carbons (Fsp3) is 0.0769. The van der Waals surface area contributed by atoms with Crippen LogP contribution >= 0.6 is 0 Å². The number of benzene rings is 1. The highest BCUT2D eigenvalue weighted by molar-refractivity contribution is 5.60. The van der Waals surface area contributed by atoms with Gasteiger partial charge in [-0.2, -0.15) is 0 Å². The summed E-state index contributed by atoms with van der Waals surface area (Å²) in [5.74, 6) is 0.284. The van der Waals surface area contributed by atoms with Crippen LogP contribution in [0.25, 0.3) is 17.0 Å². The summed E-state index contributed by atoms with van der Waals surface area (Å²) in [7, 11) is 0. The summed E-state index contributed by atoms with van der Waals surface area (Å²) >= 11 is 0. The fourth-order valence-corrected chi connectivity index (χ4v) is 1.81. The number of hydrogen-bond donors (Lipinski definition) is 1. The molecule has 5 heteroatoms. The van der Waals surface area contributed by atoms with Gasteiger partial charge in [0.15, 0.2) is 11.5 Å². The van der Waals surface area contributed by atoms with Gasteiger partial charge in [0, 0.05) is 5.56 Å². The highest BCUT2D eigenvalue weighted by Gasteiger charge is 2.08. The average Bonchev–Trinajstić information content (AvgIpc) is 2.80. The van der Waals surface area contributed by atoms with Gasteiger partial charge in [-0.05, 0) is 43.3 Å². The highest BCUT2D eigenvalue weighted by Crippen LogP contribution is 2.19. The molecule has 0 bridgehead atoms. The molecule has 0 amide bonds. The molecule has 0 aliphatic carbocycles. The quantitative estimate of drug-likeness (QED) is 0.713. The Labute approximate surface area is 103 Å². The smallest absolute Gasteiger partial charge is 0.182 e. The number of pyridine rings is 1. The summed E-state index contributed by atoms with van der Waals surface area (Å²) in [6, 6.07) is 9.70. The first-order valence-electron chi connectivity index (χ1n) is 5.53. The molecule has 90 valence electrons. The van der Waals surface area contributed by atoms with E-state index < -0.39 is 0 Å². The number of anilines is 1. The summed E-state index contributed by atoms with van der Waals surface area (Å²) < 4.78 is 14.5. The highest BCUT2D eigenvalue weighted by atomic mass is 19.1. The Kier molecular flexibility index (Phi) is 2.26. The Morgan fingerprint density at radius 2 is 1.83 bits per heavy atom. The van der Waals surface area contributed by atoms with E-state index in [2.05, 4.69) is 10.1 Å². The normalized spacial score (nSPS) is 11.0. The molecule has 4 nitrogen and oxygen atoms in total. The summed E-state index contributed by atoms with van der Waals surface area (Å²) in [4.78, 5) is 4.39. The van der Waals surface area contributed by atoms with Crippen LogP contribution < -0.4 is 5.73 Å². The van der Waals surface area contributed by atoms with Gasteiger partial charge in [0.2, 0.25) is 0 Å². The Bertz CT molecular complexity index is 716. The van der Waals surface area contributed by atoms with E-state index in [1.54, 1.807) is 22.7 Å². The molecule has 0 aliphatic rings. The molecule has 3 rings (SSSR count). The topological polar surface area (TPSA) is 56.2 Å². The number of rotatable bonds is 1. The second-order valence-electron chi connectivity index (χ2n) is 4.09. The number of nitrogens with zero attached hydrogens (tertiary/aromatic N) is 3. The van der Waals surface area contributed by atoms with Crippen LogP contribution in [0.2, 0.25) is 0 Å². The molecule has 0 fully saturated rings. The van der Waals surface area contributed by atoms with Crippen molar-refractivity contribution in [1.29, 1.82) is 0 Å². The first kappa shape index (κ1) is 10.7. The van der Waals surface area contributed by atoms with Gasteiger partial charge in [0.05, 0.1) is 11.4 Å². The van der Waals surface area contributed by atoms with Crippen molar-refractivity contribution in [2.75, 3.05) is 5.73 Å². The molecule has 3 aromatic rings. The molecule has 1 aromatic carbocycles. The Hall–Kier alpha value is -2.43. The lowest BCUT2D eigenvalue weighted by Crippen LogP contribution is -1.98. The second-order valence-corrected chi connectivity index (χ2v) is 4.09. The molecule has 0 spiro atoms. The van der Waals surface area contributed by atoms with Gasteiger partial charge in [0.25, 0.3) is 0 Å². The summed E-state index contributed by atoms with van der Waals surface area (Å²) in [5.41, 5.74) is 8.82. The monoisotopic (exact) mass is 242 g/mol. The van der Waals surface area contributed by atoms with Crippen LogP contribution in [0, 0.1) is 12.7 Å². The number of fused-ring (bicyclic) bond motifs is 1. The lowest BCUT2D eigenvalue weighted by atomic mass is 10.2. The molecule has 0 saturated heterocycles. The van der Waals surface area contributed by atoms with Crippen LogP contribution in [-0.2, 0) is 0 Å². The molecule has 0 unspecified atom stereocenters. The van der Waals surface area contributed by atoms with Crippen molar-refractivity contribution in [3.8, 4) is 11.4 Å². The van der Waals surface area contributed by atoms with E-state index in [4.69, 9.17) is 5.73 Å². The van der Waals surface area contributed by atoms with Crippen molar-refractivity contribution in [3.63, 3.8) is 0 Å². The largest absolute Gasteiger partial charge is 0.397 e. The minimum atomic E-state index is -0.275. The lowest BCUT2D eigenvalue weighted by molar-refractivity contribution is 0.628. The van der Waals surface area contributed by atoms with Gasteiger partial charge in [0.1, 0.15) is 5.82 Å². The molecular formula is C13H11FN4. The summed E-state index contributed by atoms with van der Waals surface area (Å²) in [6.45, 7) is 1.88. The standard InChI is InChI=1S/C13H11FN4/c1-8-11(15)6-7-12-16-13(17-18(8)12)9-2-4-10(14)5-3-9/h2-7H,15H2,1H3. The van der Waals surface area contributed by atoms with Crippen LogP contribution in [0.5, 0.6) is 0 Å².